The van der Waals surface area contributed by atoms with Crippen LogP contribution in [0.25, 0.3) is 0 Å². The van der Waals surface area contributed by atoms with Crippen LogP contribution in [0, 0.1) is 0 Å². The summed E-state index contributed by atoms with van der Waals surface area (Å²) in [5.41, 5.74) is 12.6. The second-order valence-electron chi connectivity index (χ2n) is 5.45. The van der Waals surface area contributed by atoms with Crippen molar-refractivity contribution in [3.8, 4) is 0 Å². The minimum atomic E-state index is -0.459. The third-order valence-electron chi connectivity index (χ3n) is 3.26. The van der Waals surface area contributed by atoms with E-state index >= 15 is 0 Å². The zero-order chi connectivity index (χ0) is 16.0. The van der Waals surface area contributed by atoms with Gasteiger partial charge >= 0.3 is 0 Å². The second-order valence-corrected chi connectivity index (χ2v) is 5.45. The van der Waals surface area contributed by atoms with Crippen molar-refractivity contribution in [1.29, 1.82) is 0 Å². The first-order valence-corrected chi connectivity index (χ1v) is 6.90. The fraction of sp³-hybridized carbons (Fsp3) is 0.467. The van der Waals surface area contributed by atoms with Crippen LogP contribution < -0.4 is 11.5 Å². The summed E-state index contributed by atoms with van der Waals surface area (Å²) < 4.78 is 0. The molecule has 0 heterocycles. The fourth-order valence-corrected chi connectivity index (χ4v) is 1.93. The van der Waals surface area contributed by atoms with E-state index in [-0.39, 0.29) is 25.0 Å². The van der Waals surface area contributed by atoms with Crippen molar-refractivity contribution in [2.24, 2.45) is 5.73 Å². The van der Waals surface area contributed by atoms with Crippen molar-refractivity contribution in [2.45, 2.75) is 26.4 Å². The summed E-state index contributed by atoms with van der Waals surface area (Å²) in [4.78, 5) is 26.7. The zero-order valence-corrected chi connectivity index (χ0v) is 12.9. The third kappa shape index (κ3) is 5.83. The van der Waals surface area contributed by atoms with Gasteiger partial charge in [-0.05, 0) is 31.5 Å². The lowest BCUT2D eigenvalue weighted by molar-refractivity contribution is -0.133. The first kappa shape index (κ1) is 17.0. The Hall–Kier alpha value is -2.08. The average molecular weight is 292 g/mol. The van der Waals surface area contributed by atoms with Crippen molar-refractivity contribution in [3.05, 3.63) is 29.8 Å². The molecule has 4 N–H and O–H groups in total. The lowest BCUT2D eigenvalue weighted by Crippen LogP contribution is -2.43. The van der Waals surface area contributed by atoms with Gasteiger partial charge in [-0.1, -0.05) is 12.1 Å². The van der Waals surface area contributed by atoms with Gasteiger partial charge in [-0.2, -0.15) is 0 Å². The van der Waals surface area contributed by atoms with Crippen molar-refractivity contribution in [1.82, 2.24) is 9.80 Å². The van der Waals surface area contributed by atoms with Crippen molar-refractivity contribution >= 4 is 17.5 Å². The van der Waals surface area contributed by atoms with E-state index in [1.54, 1.807) is 22.9 Å². The lowest BCUT2D eigenvalue weighted by atomic mass is 10.2. The molecule has 0 aliphatic carbocycles. The second kappa shape index (κ2) is 7.64. The first-order chi connectivity index (χ1) is 9.79. The summed E-state index contributed by atoms with van der Waals surface area (Å²) in [6, 6.07) is 7.47. The maximum atomic E-state index is 12.1. The van der Waals surface area contributed by atoms with Gasteiger partial charge in [0.15, 0.2) is 0 Å². The van der Waals surface area contributed by atoms with Crippen molar-refractivity contribution < 1.29 is 9.59 Å². The number of hydrogen-bond acceptors (Lipinski definition) is 4. The molecule has 0 saturated carbocycles. The van der Waals surface area contributed by atoms with Crippen LogP contribution in [-0.4, -0.2) is 47.8 Å². The SMILES string of the molecule is CC(C)N(C)C(=O)CN(CC(N)=O)Cc1cccc(N)c1. The standard InChI is InChI=1S/C15H24N4O2/c1-11(2)18(3)15(21)10-19(9-14(17)20)8-12-5-4-6-13(16)7-12/h4-7,11H,8-10,16H2,1-3H3,(H2,17,20). The van der Waals surface area contributed by atoms with E-state index in [9.17, 15) is 9.59 Å². The van der Waals surface area contributed by atoms with Crippen molar-refractivity contribution in [3.63, 3.8) is 0 Å². The van der Waals surface area contributed by atoms with E-state index in [0.29, 0.717) is 12.2 Å². The average Bonchev–Trinajstić information content (AvgIpc) is 2.36. The molecule has 0 saturated heterocycles. The first-order valence-electron chi connectivity index (χ1n) is 6.90. The van der Waals surface area contributed by atoms with Crippen LogP contribution in [0.1, 0.15) is 19.4 Å². The summed E-state index contributed by atoms with van der Waals surface area (Å²) in [7, 11) is 1.75. The van der Waals surface area contributed by atoms with Crippen LogP contribution in [0.5, 0.6) is 0 Å². The number of nitrogens with two attached hydrogens (primary N) is 2. The maximum absolute atomic E-state index is 12.1. The topological polar surface area (TPSA) is 92.7 Å². The normalized spacial score (nSPS) is 10.9. The minimum Gasteiger partial charge on any atom is -0.399 e. The lowest BCUT2D eigenvalue weighted by Gasteiger charge is -2.26. The predicted octanol–water partition coefficient (Wildman–Crippen LogP) is 0.423. The molecule has 116 valence electrons. The highest BCUT2D eigenvalue weighted by Gasteiger charge is 2.18. The molecule has 1 aromatic carbocycles. The van der Waals surface area contributed by atoms with E-state index in [0.717, 1.165) is 5.56 Å². The molecule has 0 aliphatic rings. The highest BCUT2D eigenvalue weighted by Crippen LogP contribution is 2.10. The van der Waals surface area contributed by atoms with Gasteiger partial charge in [-0.3, -0.25) is 14.5 Å². The van der Waals surface area contributed by atoms with Crippen molar-refractivity contribution in [2.75, 3.05) is 25.9 Å². The molecule has 0 radical (unpaired) electrons. The molecule has 0 spiro atoms. The molecule has 1 rings (SSSR count). The highest BCUT2D eigenvalue weighted by atomic mass is 16.2. The maximum Gasteiger partial charge on any atom is 0.236 e. The number of nitrogen functional groups attached to an aromatic ring is 1. The van der Waals surface area contributed by atoms with Crippen LogP contribution in [-0.2, 0) is 16.1 Å². The van der Waals surface area contributed by atoms with Crippen LogP contribution >= 0.6 is 0 Å². The van der Waals surface area contributed by atoms with Gasteiger partial charge in [0.05, 0.1) is 13.1 Å². The number of rotatable bonds is 7. The molecule has 2 amide bonds. The third-order valence-corrected chi connectivity index (χ3v) is 3.26. The fourth-order valence-electron chi connectivity index (χ4n) is 1.93. The molecule has 1 aromatic rings. The molecule has 0 unspecified atom stereocenters. The predicted molar refractivity (Wildman–Crippen MR) is 83.2 cm³/mol. The molecular formula is C15H24N4O2. The highest BCUT2D eigenvalue weighted by molar-refractivity contribution is 5.80. The number of hydrogen-bond donors (Lipinski definition) is 2. The van der Waals surface area contributed by atoms with Gasteiger partial charge in [-0.25, -0.2) is 0 Å². The summed E-state index contributed by atoms with van der Waals surface area (Å²) in [6.45, 7) is 4.51. The minimum absolute atomic E-state index is 0.0342. The van der Waals surface area contributed by atoms with Gasteiger partial charge in [0.1, 0.15) is 0 Å². The smallest absolute Gasteiger partial charge is 0.236 e. The van der Waals surface area contributed by atoms with Gasteiger partial charge in [0, 0.05) is 25.3 Å². The Balaban J connectivity index is 2.76. The van der Waals surface area contributed by atoms with E-state index in [4.69, 9.17) is 11.5 Å². The Kier molecular flexibility index (Phi) is 6.17. The van der Waals surface area contributed by atoms with Crippen LogP contribution in [0.15, 0.2) is 24.3 Å². The Bertz CT molecular complexity index is 502. The Morgan fingerprint density at radius 2 is 1.90 bits per heavy atom. The monoisotopic (exact) mass is 292 g/mol. The van der Waals surface area contributed by atoms with E-state index in [1.165, 1.54) is 0 Å². The van der Waals surface area contributed by atoms with Gasteiger partial charge in [0.25, 0.3) is 0 Å². The quantitative estimate of drug-likeness (QED) is 0.712. The summed E-state index contributed by atoms with van der Waals surface area (Å²) in [5.74, 6) is -0.506. The largest absolute Gasteiger partial charge is 0.399 e. The molecule has 6 heteroatoms. The molecule has 0 bridgehead atoms. The summed E-state index contributed by atoms with van der Waals surface area (Å²) in [6.07, 6.45) is 0. The van der Waals surface area contributed by atoms with Crippen LogP contribution in [0.4, 0.5) is 5.69 Å². The molecule has 0 atom stereocenters. The summed E-state index contributed by atoms with van der Waals surface area (Å²) >= 11 is 0. The number of primary amides is 1. The van der Waals surface area contributed by atoms with Crippen LogP contribution in [0.2, 0.25) is 0 Å². The Morgan fingerprint density at radius 3 is 2.43 bits per heavy atom. The molecule has 0 aromatic heterocycles. The molecular weight excluding hydrogens is 268 g/mol. The molecule has 21 heavy (non-hydrogen) atoms. The number of nitrogens with zero attached hydrogens (tertiary/aromatic N) is 2. The Labute approximate surface area is 125 Å². The van der Waals surface area contributed by atoms with Gasteiger partial charge < -0.3 is 16.4 Å². The van der Waals surface area contributed by atoms with Crippen LogP contribution in [0.3, 0.4) is 0 Å². The number of benzene rings is 1. The number of anilines is 1. The van der Waals surface area contributed by atoms with E-state index < -0.39 is 5.91 Å². The van der Waals surface area contributed by atoms with Gasteiger partial charge in [-0.15, -0.1) is 0 Å². The van der Waals surface area contributed by atoms with Gasteiger partial charge in [0.2, 0.25) is 11.8 Å². The van der Waals surface area contributed by atoms with E-state index in [2.05, 4.69) is 0 Å². The van der Waals surface area contributed by atoms with E-state index in [1.807, 2.05) is 32.0 Å². The zero-order valence-electron chi connectivity index (χ0n) is 12.9. The number of carbonyl (C=O) groups is 2. The summed E-state index contributed by atoms with van der Waals surface area (Å²) in [5, 5.41) is 0. The number of likely N-dealkylation sites (N-methyl/N-ethyl adjacent to an activating group) is 1. The molecule has 0 aliphatic heterocycles. The Morgan fingerprint density at radius 1 is 1.24 bits per heavy atom. The number of carbonyl (C=O) groups excluding carboxylic acids is 2. The molecule has 0 fully saturated rings. The number of amides is 2. The molecule has 6 nitrogen and oxygen atoms in total.